The molecule has 0 bridgehead atoms. The summed E-state index contributed by atoms with van der Waals surface area (Å²) in [4.78, 5) is 22.7. The van der Waals surface area contributed by atoms with Crippen molar-refractivity contribution in [1.29, 1.82) is 0 Å². The Morgan fingerprint density at radius 1 is 0.568 bits per heavy atom. The molecule has 0 aromatic rings. The van der Waals surface area contributed by atoms with Gasteiger partial charge >= 0.3 is 11.9 Å². The van der Waals surface area contributed by atoms with Crippen molar-refractivity contribution >= 4 is 11.9 Å². The van der Waals surface area contributed by atoms with Gasteiger partial charge in [-0.3, -0.25) is 0 Å². The van der Waals surface area contributed by atoms with Crippen LogP contribution in [0.3, 0.4) is 0 Å². The minimum absolute atomic E-state index is 1.77. The highest BCUT2D eigenvalue weighted by atomic mass is 16.8. The number of hydrogen-bond acceptors (Lipinski definition) is 17. The SMILES string of the molecule is O=C(O)[C@@H]1O[C@@H](O[C@@H]2C(C(O)O)O[C@@H](O[C@H]3C(O)C(O)[C@H](O)O[C@H]3C(=O)O)C(O)[C@H]2O)C(O)C(O)[C@@H]1O. The van der Waals surface area contributed by atoms with Crippen LogP contribution in [0.5, 0.6) is 0 Å². The van der Waals surface area contributed by atoms with Gasteiger partial charge in [-0.05, 0) is 0 Å². The highest BCUT2D eigenvalue weighted by Gasteiger charge is 2.56. The van der Waals surface area contributed by atoms with Crippen molar-refractivity contribution in [3.8, 4) is 0 Å². The Hall–Kier alpha value is -1.66. The highest BCUT2D eigenvalue weighted by molar-refractivity contribution is 5.73. The second-order valence-electron chi connectivity index (χ2n) is 8.57. The van der Waals surface area contributed by atoms with E-state index in [1.165, 1.54) is 0 Å². The predicted octanol–water partition coefficient (Wildman–Crippen LogP) is -8.07. The molecule has 3 rings (SSSR count). The summed E-state index contributed by atoms with van der Waals surface area (Å²) in [6.07, 6.45) is -34.3. The number of aliphatic hydroxyl groups is 10. The molecule has 214 valence electrons. The number of carbonyl (C=O) groups is 2. The molecule has 6 unspecified atom stereocenters. The largest absolute Gasteiger partial charge is 0.479 e. The molecule has 15 atom stereocenters. The van der Waals surface area contributed by atoms with Crippen LogP contribution in [-0.2, 0) is 33.3 Å². The lowest BCUT2D eigenvalue weighted by molar-refractivity contribution is -0.386. The van der Waals surface area contributed by atoms with Crippen LogP contribution in [0, 0.1) is 0 Å². The first-order chi connectivity index (χ1) is 17.2. The number of carboxylic acid groups (broad SMARTS) is 2. The van der Waals surface area contributed by atoms with Gasteiger partial charge in [0.2, 0.25) is 0 Å². The standard InChI is InChI=1S/C18H28O19/c19-1-2(20)10(13(26)27)36-17(6(1)24)35-9-4(22)7(25)18(37-12(9)15(30)31)34-8-3(21)5(23)16(32)33-11(8)14(28)29/h1-12,15-25,30-32H,(H,26,27)(H,28,29)/t1?,2-,3?,4+,5?,6?,7?,8-,9-,10+,11+,12?,16+,17+,18+/m0/s1. The van der Waals surface area contributed by atoms with Gasteiger partial charge < -0.3 is 85.0 Å². The van der Waals surface area contributed by atoms with Crippen molar-refractivity contribution in [2.45, 2.75) is 98.4 Å². The van der Waals surface area contributed by atoms with Crippen LogP contribution in [0.1, 0.15) is 0 Å². The van der Waals surface area contributed by atoms with E-state index in [4.69, 9.17) is 24.1 Å². The van der Waals surface area contributed by atoms with Crippen LogP contribution in [0.25, 0.3) is 0 Å². The minimum atomic E-state index is -2.54. The fourth-order valence-corrected chi connectivity index (χ4v) is 4.05. The molecule has 19 heteroatoms. The molecule has 3 heterocycles. The summed E-state index contributed by atoms with van der Waals surface area (Å²) >= 11 is 0. The van der Waals surface area contributed by atoms with Gasteiger partial charge in [0.1, 0.15) is 61.0 Å². The van der Waals surface area contributed by atoms with Crippen molar-refractivity contribution in [1.82, 2.24) is 0 Å². The summed E-state index contributed by atoms with van der Waals surface area (Å²) in [6, 6.07) is 0. The maximum atomic E-state index is 11.5. The smallest absolute Gasteiger partial charge is 0.335 e. The first-order valence-corrected chi connectivity index (χ1v) is 10.7. The van der Waals surface area contributed by atoms with E-state index in [0.29, 0.717) is 0 Å². The van der Waals surface area contributed by atoms with Crippen molar-refractivity contribution in [2.24, 2.45) is 0 Å². The van der Waals surface area contributed by atoms with Gasteiger partial charge in [0.15, 0.2) is 37.4 Å². The second kappa shape index (κ2) is 11.6. The minimum Gasteiger partial charge on any atom is -0.479 e. The normalized spacial score (nSPS) is 49.1. The van der Waals surface area contributed by atoms with Gasteiger partial charge in [-0.1, -0.05) is 0 Å². The Balaban J connectivity index is 1.80. The van der Waals surface area contributed by atoms with Crippen LogP contribution in [-0.4, -0.2) is 172 Å². The van der Waals surface area contributed by atoms with Gasteiger partial charge in [-0.15, -0.1) is 0 Å². The second-order valence-corrected chi connectivity index (χ2v) is 8.57. The molecule has 3 aliphatic heterocycles. The van der Waals surface area contributed by atoms with Crippen molar-refractivity contribution < 1.29 is 94.6 Å². The molecule has 12 N–H and O–H groups in total. The third-order valence-corrected chi connectivity index (χ3v) is 6.08. The van der Waals surface area contributed by atoms with Gasteiger partial charge in [-0.2, -0.15) is 0 Å². The number of aliphatic carboxylic acids is 2. The van der Waals surface area contributed by atoms with Crippen molar-refractivity contribution in [3.05, 3.63) is 0 Å². The fourth-order valence-electron chi connectivity index (χ4n) is 4.05. The third-order valence-electron chi connectivity index (χ3n) is 6.08. The van der Waals surface area contributed by atoms with Crippen LogP contribution >= 0.6 is 0 Å². The first kappa shape index (κ1) is 29.9. The molecule has 0 aromatic carbocycles. The molecular formula is C18H28O19. The third kappa shape index (κ3) is 5.85. The molecule has 37 heavy (non-hydrogen) atoms. The number of ether oxygens (including phenoxy) is 5. The van der Waals surface area contributed by atoms with Gasteiger partial charge in [0.05, 0.1) is 0 Å². The average Bonchev–Trinajstić information content (AvgIpc) is 2.82. The van der Waals surface area contributed by atoms with Gasteiger partial charge in [0, 0.05) is 0 Å². The highest BCUT2D eigenvalue weighted by Crippen LogP contribution is 2.33. The van der Waals surface area contributed by atoms with Crippen molar-refractivity contribution in [3.63, 3.8) is 0 Å². The van der Waals surface area contributed by atoms with Crippen LogP contribution in [0.2, 0.25) is 0 Å². The number of rotatable bonds is 7. The van der Waals surface area contributed by atoms with Gasteiger partial charge in [0.25, 0.3) is 0 Å². The lowest BCUT2D eigenvalue weighted by Gasteiger charge is -2.47. The summed E-state index contributed by atoms with van der Waals surface area (Å²) in [7, 11) is 0. The van der Waals surface area contributed by atoms with E-state index in [2.05, 4.69) is 4.74 Å². The molecule has 19 nitrogen and oxygen atoms in total. The summed E-state index contributed by atoms with van der Waals surface area (Å²) in [6.45, 7) is 0. The van der Waals surface area contributed by atoms with Crippen LogP contribution in [0.4, 0.5) is 0 Å². The lowest BCUT2D eigenvalue weighted by atomic mass is 9.95. The molecule has 0 saturated carbocycles. The zero-order valence-corrected chi connectivity index (χ0v) is 18.5. The maximum absolute atomic E-state index is 11.5. The first-order valence-electron chi connectivity index (χ1n) is 10.7. The summed E-state index contributed by atoms with van der Waals surface area (Å²) in [5.74, 6) is -3.55. The number of aliphatic hydroxyl groups excluding tert-OH is 9. The Bertz CT molecular complexity index is 810. The molecule has 3 saturated heterocycles. The lowest BCUT2D eigenvalue weighted by Crippen LogP contribution is -2.68. The molecule has 0 aromatic heterocycles. The molecule has 0 amide bonds. The zero-order valence-electron chi connectivity index (χ0n) is 18.5. The molecular weight excluding hydrogens is 520 g/mol. The van der Waals surface area contributed by atoms with E-state index in [1.807, 2.05) is 0 Å². The Kier molecular flexibility index (Phi) is 9.38. The molecule has 0 spiro atoms. The number of hydrogen-bond donors (Lipinski definition) is 12. The topological polar surface area (TPSA) is 323 Å². The monoisotopic (exact) mass is 548 g/mol. The maximum Gasteiger partial charge on any atom is 0.335 e. The number of carboxylic acids is 2. The summed E-state index contributed by atoms with van der Waals surface area (Å²) in [5, 5.41) is 118. The Morgan fingerprint density at radius 3 is 1.59 bits per heavy atom. The predicted molar refractivity (Wildman–Crippen MR) is 103 cm³/mol. The quantitative estimate of drug-likeness (QED) is 0.131. The van der Waals surface area contributed by atoms with Gasteiger partial charge in [-0.25, -0.2) is 9.59 Å². The van der Waals surface area contributed by atoms with Crippen LogP contribution in [0.15, 0.2) is 0 Å². The van der Waals surface area contributed by atoms with Crippen molar-refractivity contribution in [2.75, 3.05) is 0 Å². The van der Waals surface area contributed by atoms with Crippen LogP contribution < -0.4 is 0 Å². The Morgan fingerprint density at radius 2 is 1.05 bits per heavy atom. The summed E-state index contributed by atoms with van der Waals surface area (Å²) in [5.41, 5.74) is 0. The Labute approximate surface area is 205 Å². The molecule has 3 aliphatic rings. The fraction of sp³-hybridized carbons (Fsp3) is 0.889. The van der Waals surface area contributed by atoms with E-state index in [-0.39, 0.29) is 0 Å². The van der Waals surface area contributed by atoms with E-state index in [9.17, 15) is 65.8 Å². The van der Waals surface area contributed by atoms with E-state index < -0.39 is 110 Å². The molecule has 0 aliphatic carbocycles. The van der Waals surface area contributed by atoms with E-state index in [1.54, 1.807) is 0 Å². The zero-order chi connectivity index (χ0) is 27.9. The molecule has 0 radical (unpaired) electrons. The average molecular weight is 548 g/mol. The molecule has 3 fully saturated rings. The van der Waals surface area contributed by atoms with E-state index >= 15 is 0 Å². The summed E-state index contributed by atoms with van der Waals surface area (Å²) < 4.78 is 25.1. The van der Waals surface area contributed by atoms with E-state index in [0.717, 1.165) is 0 Å².